The molecule has 0 heterocycles. The van der Waals surface area contributed by atoms with Gasteiger partial charge in [0.05, 0.1) is 15.2 Å². The summed E-state index contributed by atoms with van der Waals surface area (Å²) in [6.45, 7) is 17.3. The Morgan fingerprint density at radius 2 is 1.00 bits per heavy atom. The van der Waals surface area contributed by atoms with Gasteiger partial charge in [0.1, 0.15) is 0 Å². The molecular weight excluding hydrogens is 152 g/mol. The molecule has 0 saturated heterocycles. The maximum Gasteiger partial charge on any atom is 0.0685 e. The van der Waals surface area contributed by atoms with Gasteiger partial charge in [-0.15, -0.1) is 24.6 Å². The highest BCUT2D eigenvalue weighted by atomic mass is 29.3. The Labute approximate surface area is 66.5 Å². The van der Waals surface area contributed by atoms with E-state index < -0.39 is 15.2 Å². The third-order valence-corrected chi connectivity index (χ3v) is 19.2. The largest absolute Gasteiger partial charge is 0.107 e. The smallest absolute Gasteiger partial charge is 0.0685 e. The Kier molecular flexibility index (Phi) is 2.86. The fourth-order valence-corrected chi connectivity index (χ4v) is 4.73. The number of hydrogen-bond donors (Lipinski definition) is 0. The predicted molar refractivity (Wildman–Crippen MR) is 55.4 cm³/mol. The minimum atomic E-state index is -1.12. The van der Waals surface area contributed by atoms with E-state index in [9.17, 15) is 0 Å². The van der Waals surface area contributed by atoms with Crippen molar-refractivity contribution in [3.05, 3.63) is 24.6 Å². The van der Waals surface area contributed by atoms with E-state index in [0.717, 1.165) is 0 Å². The third-order valence-electron chi connectivity index (χ3n) is 2.68. The molecule has 0 spiro atoms. The van der Waals surface area contributed by atoms with Crippen molar-refractivity contribution in [1.82, 2.24) is 0 Å². The van der Waals surface area contributed by atoms with Gasteiger partial charge in [-0.3, -0.25) is 0 Å². The Balaban J connectivity index is 4.59. The zero-order valence-electron chi connectivity index (χ0n) is 7.57. The van der Waals surface area contributed by atoms with Gasteiger partial charge in [0, 0.05) is 0 Å². The molecule has 0 saturated carbocycles. The van der Waals surface area contributed by atoms with Crippen LogP contribution in [-0.2, 0) is 0 Å². The lowest BCUT2D eigenvalue weighted by Gasteiger charge is -2.32. The van der Waals surface area contributed by atoms with Crippen LogP contribution in [0, 0.1) is 0 Å². The van der Waals surface area contributed by atoms with Gasteiger partial charge in [-0.25, -0.2) is 0 Å². The van der Waals surface area contributed by atoms with Crippen molar-refractivity contribution < 1.29 is 0 Å². The molecule has 0 aliphatic heterocycles. The van der Waals surface area contributed by atoms with Crippen LogP contribution in [0.4, 0.5) is 0 Å². The normalized spacial score (nSPS) is 12.8. The van der Waals surface area contributed by atoms with Crippen LogP contribution in [0.15, 0.2) is 24.6 Å². The first kappa shape index (κ1) is 9.91. The van der Waals surface area contributed by atoms with E-state index in [1.165, 1.54) is 0 Å². The number of hydrogen-bond acceptors (Lipinski definition) is 0. The van der Waals surface area contributed by atoms with E-state index in [4.69, 9.17) is 0 Å². The SMILES string of the molecule is C=C[Si](C)(C)[Si](C)(C)C=C. The van der Waals surface area contributed by atoms with Crippen LogP contribution in [0.1, 0.15) is 0 Å². The Bertz CT molecular complexity index is 127. The minimum absolute atomic E-state index is 1.12. The topological polar surface area (TPSA) is 0 Å². The molecular formula is C8H18Si2. The van der Waals surface area contributed by atoms with Gasteiger partial charge in [0.2, 0.25) is 0 Å². The van der Waals surface area contributed by atoms with Crippen LogP contribution in [-0.4, -0.2) is 15.2 Å². The molecule has 0 aliphatic rings. The van der Waals surface area contributed by atoms with E-state index in [1.54, 1.807) is 0 Å². The molecule has 0 aliphatic carbocycles. The van der Waals surface area contributed by atoms with Gasteiger partial charge < -0.3 is 0 Å². The van der Waals surface area contributed by atoms with Crippen molar-refractivity contribution in [2.24, 2.45) is 0 Å². The van der Waals surface area contributed by atoms with Crippen LogP contribution in [0.3, 0.4) is 0 Å². The van der Waals surface area contributed by atoms with Crippen molar-refractivity contribution in [2.45, 2.75) is 26.2 Å². The molecule has 0 N–H and O–H groups in total. The zero-order chi connectivity index (χ0) is 8.41. The van der Waals surface area contributed by atoms with Crippen molar-refractivity contribution in [2.75, 3.05) is 0 Å². The second-order valence-corrected chi connectivity index (χ2v) is 19.3. The fraction of sp³-hybridized carbons (Fsp3) is 0.500. The maximum absolute atomic E-state index is 3.90. The van der Waals surface area contributed by atoms with Crippen molar-refractivity contribution >= 4 is 15.2 Å². The Morgan fingerprint density at radius 3 is 1.10 bits per heavy atom. The standard InChI is InChI=1S/C8H18Si2/c1-7-9(3,4)10(5,6)8-2/h7-8H,1-2H2,3-6H3. The molecule has 10 heavy (non-hydrogen) atoms. The maximum atomic E-state index is 3.90. The van der Waals surface area contributed by atoms with E-state index in [-0.39, 0.29) is 0 Å². The van der Waals surface area contributed by atoms with E-state index in [1.807, 2.05) is 0 Å². The molecule has 0 amide bonds. The molecule has 0 unspecified atom stereocenters. The lowest BCUT2D eigenvalue weighted by atomic mass is 11.3. The molecule has 58 valence electrons. The first-order valence-corrected chi connectivity index (χ1v) is 10.8. The summed E-state index contributed by atoms with van der Waals surface area (Å²) in [5.41, 5.74) is 4.36. The highest BCUT2D eigenvalue weighted by Crippen LogP contribution is 2.20. The molecule has 0 radical (unpaired) electrons. The summed E-state index contributed by atoms with van der Waals surface area (Å²) in [6, 6.07) is 0. The molecule has 0 rings (SSSR count). The second-order valence-electron chi connectivity index (χ2n) is 3.85. The second kappa shape index (κ2) is 2.88. The molecule has 0 aromatic rings. The average Bonchev–Trinajstić information content (AvgIpc) is 1.88. The number of rotatable bonds is 3. The fourth-order valence-electron chi connectivity index (χ4n) is 0.526. The molecule has 0 atom stereocenters. The highest BCUT2D eigenvalue weighted by Gasteiger charge is 2.35. The highest BCUT2D eigenvalue weighted by molar-refractivity contribution is 7.44. The van der Waals surface area contributed by atoms with Crippen molar-refractivity contribution in [1.29, 1.82) is 0 Å². The van der Waals surface area contributed by atoms with Crippen LogP contribution < -0.4 is 0 Å². The summed E-state index contributed by atoms with van der Waals surface area (Å²) in [5.74, 6) is 0. The molecule has 0 fully saturated rings. The first-order valence-electron chi connectivity index (χ1n) is 3.64. The molecule has 0 bridgehead atoms. The lowest BCUT2D eigenvalue weighted by Crippen LogP contribution is -2.51. The first-order chi connectivity index (χ1) is 4.37. The Hall–Kier alpha value is -0.0862. The van der Waals surface area contributed by atoms with Gasteiger partial charge in [-0.1, -0.05) is 26.2 Å². The molecule has 0 nitrogen and oxygen atoms in total. The van der Waals surface area contributed by atoms with Gasteiger partial charge in [-0.2, -0.15) is 0 Å². The quantitative estimate of drug-likeness (QED) is 0.571. The van der Waals surface area contributed by atoms with E-state index in [2.05, 4.69) is 50.7 Å². The summed E-state index contributed by atoms with van der Waals surface area (Å²) in [5, 5.41) is 0. The molecule has 0 aromatic carbocycles. The minimum Gasteiger partial charge on any atom is -0.107 e. The van der Waals surface area contributed by atoms with Gasteiger partial charge >= 0.3 is 0 Å². The summed E-state index contributed by atoms with van der Waals surface area (Å²) in [4.78, 5) is 0. The molecule has 2 heteroatoms. The average molecular weight is 170 g/mol. The van der Waals surface area contributed by atoms with Crippen molar-refractivity contribution in [3.8, 4) is 0 Å². The summed E-state index contributed by atoms with van der Waals surface area (Å²) in [7, 11) is -2.24. The van der Waals surface area contributed by atoms with Gasteiger partial charge in [0.15, 0.2) is 0 Å². The summed E-state index contributed by atoms with van der Waals surface area (Å²) < 4.78 is 0. The monoisotopic (exact) mass is 170 g/mol. The molecule has 0 aromatic heterocycles. The van der Waals surface area contributed by atoms with E-state index >= 15 is 0 Å². The van der Waals surface area contributed by atoms with E-state index in [0.29, 0.717) is 0 Å². The Morgan fingerprint density at radius 1 is 0.800 bits per heavy atom. The zero-order valence-corrected chi connectivity index (χ0v) is 9.57. The summed E-state index contributed by atoms with van der Waals surface area (Å²) >= 11 is 0. The van der Waals surface area contributed by atoms with Gasteiger partial charge in [0.25, 0.3) is 0 Å². The van der Waals surface area contributed by atoms with Crippen LogP contribution in [0.25, 0.3) is 0 Å². The summed E-state index contributed by atoms with van der Waals surface area (Å²) in [6.07, 6.45) is 0. The lowest BCUT2D eigenvalue weighted by molar-refractivity contribution is 1.80. The van der Waals surface area contributed by atoms with Crippen LogP contribution >= 0.6 is 0 Å². The van der Waals surface area contributed by atoms with Crippen LogP contribution in [0.5, 0.6) is 0 Å². The van der Waals surface area contributed by atoms with Crippen LogP contribution in [0.2, 0.25) is 26.2 Å². The predicted octanol–water partition coefficient (Wildman–Crippen LogP) is 2.93. The van der Waals surface area contributed by atoms with Gasteiger partial charge in [-0.05, 0) is 0 Å². The third kappa shape index (κ3) is 1.70. The van der Waals surface area contributed by atoms with Crippen molar-refractivity contribution in [3.63, 3.8) is 0 Å².